The Morgan fingerprint density at radius 3 is 2.57 bits per heavy atom. The number of aliphatic hydroxyl groups is 1. The smallest absolute Gasteiger partial charge is 0.254 e. The van der Waals surface area contributed by atoms with E-state index in [4.69, 9.17) is 5.26 Å². The SMILES string of the molecule is N#Cc1ccc([C@@H]2Sc3ccccc3NC(=O)[C@@H]2O)cc1. The van der Waals surface area contributed by atoms with Crippen LogP contribution in [-0.4, -0.2) is 17.1 Å². The van der Waals surface area contributed by atoms with Crippen molar-refractivity contribution in [2.45, 2.75) is 16.2 Å². The second-order valence-corrected chi connectivity index (χ2v) is 5.89. The zero-order valence-corrected chi connectivity index (χ0v) is 11.8. The summed E-state index contributed by atoms with van der Waals surface area (Å²) < 4.78 is 0. The lowest BCUT2D eigenvalue weighted by molar-refractivity contribution is -0.124. The van der Waals surface area contributed by atoms with E-state index in [1.165, 1.54) is 11.8 Å². The lowest BCUT2D eigenvalue weighted by Crippen LogP contribution is -2.30. The molecular weight excluding hydrogens is 284 g/mol. The second-order valence-electron chi connectivity index (χ2n) is 4.70. The van der Waals surface area contributed by atoms with Crippen molar-refractivity contribution in [3.8, 4) is 6.07 Å². The summed E-state index contributed by atoms with van der Waals surface area (Å²) in [5, 5.41) is 21.4. The number of rotatable bonds is 1. The highest BCUT2D eigenvalue weighted by molar-refractivity contribution is 7.99. The number of amides is 1. The Morgan fingerprint density at radius 1 is 1.14 bits per heavy atom. The molecule has 0 saturated heterocycles. The van der Waals surface area contributed by atoms with Gasteiger partial charge in [-0.15, -0.1) is 11.8 Å². The number of aliphatic hydroxyl groups excluding tert-OH is 1. The summed E-state index contributed by atoms with van der Waals surface area (Å²) in [6.45, 7) is 0. The van der Waals surface area contributed by atoms with E-state index < -0.39 is 17.3 Å². The molecule has 0 spiro atoms. The fourth-order valence-corrected chi connectivity index (χ4v) is 3.44. The Balaban J connectivity index is 2.00. The number of fused-ring (bicyclic) bond motifs is 1. The van der Waals surface area contributed by atoms with Crippen LogP contribution in [0.25, 0.3) is 0 Å². The summed E-state index contributed by atoms with van der Waals surface area (Å²) in [6, 6.07) is 16.5. The first-order valence-corrected chi connectivity index (χ1v) is 7.31. The molecule has 5 heteroatoms. The van der Waals surface area contributed by atoms with Gasteiger partial charge >= 0.3 is 0 Å². The molecule has 1 amide bonds. The van der Waals surface area contributed by atoms with Crippen LogP contribution in [0.1, 0.15) is 16.4 Å². The van der Waals surface area contributed by atoms with E-state index in [9.17, 15) is 9.90 Å². The number of thioether (sulfide) groups is 1. The first-order valence-electron chi connectivity index (χ1n) is 6.44. The minimum absolute atomic E-state index is 0.401. The van der Waals surface area contributed by atoms with E-state index in [2.05, 4.69) is 11.4 Å². The third kappa shape index (κ3) is 2.64. The Hall–Kier alpha value is -2.29. The van der Waals surface area contributed by atoms with Crippen molar-refractivity contribution in [3.63, 3.8) is 0 Å². The molecule has 1 heterocycles. The number of para-hydroxylation sites is 1. The highest BCUT2D eigenvalue weighted by atomic mass is 32.2. The fraction of sp³-hybridized carbons (Fsp3) is 0.125. The number of carbonyl (C=O) groups excluding carboxylic acids is 1. The molecule has 0 radical (unpaired) electrons. The minimum atomic E-state index is -1.14. The van der Waals surface area contributed by atoms with Crippen LogP contribution in [0.4, 0.5) is 5.69 Å². The van der Waals surface area contributed by atoms with Gasteiger partial charge in [0.15, 0.2) is 0 Å². The van der Waals surface area contributed by atoms with E-state index >= 15 is 0 Å². The van der Waals surface area contributed by atoms with Crippen molar-refractivity contribution >= 4 is 23.4 Å². The molecule has 4 nitrogen and oxygen atoms in total. The maximum Gasteiger partial charge on any atom is 0.254 e. The van der Waals surface area contributed by atoms with Crippen LogP contribution in [0, 0.1) is 11.3 Å². The van der Waals surface area contributed by atoms with Gasteiger partial charge in [-0.3, -0.25) is 4.79 Å². The van der Waals surface area contributed by atoms with Crippen LogP contribution in [0.5, 0.6) is 0 Å². The molecule has 0 saturated carbocycles. The molecular formula is C16H12N2O2S. The zero-order valence-electron chi connectivity index (χ0n) is 11.0. The molecule has 2 atom stereocenters. The maximum atomic E-state index is 12.1. The molecule has 2 aromatic rings. The molecule has 0 aromatic heterocycles. The van der Waals surface area contributed by atoms with E-state index in [1.54, 1.807) is 24.3 Å². The molecule has 0 unspecified atom stereocenters. The van der Waals surface area contributed by atoms with Gasteiger partial charge < -0.3 is 10.4 Å². The standard InChI is InChI=1S/C16H12N2O2S/c17-9-10-5-7-11(8-6-10)15-14(19)16(20)18-12-3-1-2-4-13(12)21-15/h1-8,14-15,19H,(H,18,20)/t14-,15+/m1/s1. The van der Waals surface area contributed by atoms with Crippen molar-refractivity contribution in [2.75, 3.05) is 5.32 Å². The molecule has 2 aromatic carbocycles. The van der Waals surface area contributed by atoms with Crippen LogP contribution in [0.2, 0.25) is 0 Å². The number of nitrogens with one attached hydrogen (secondary N) is 1. The van der Waals surface area contributed by atoms with Gasteiger partial charge in [-0.2, -0.15) is 5.26 Å². The highest BCUT2D eigenvalue weighted by Crippen LogP contribution is 2.43. The zero-order chi connectivity index (χ0) is 14.8. The molecule has 1 aliphatic rings. The van der Waals surface area contributed by atoms with Gasteiger partial charge in [-0.1, -0.05) is 24.3 Å². The van der Waals surface area contributed by atoms with Gasteiger partial charge in [0, 0.05) is 4.90 Å². The summed E-state index contributed by atoms with van der Waals surface area (Å²) >= 11 is 1.44. The molecule has 1 aliphatic heterocycles. The Kier molecular flexibility index (Phi) is 3.65. The van der Waals surface area contributed by atoms with Crippen molar-refractivity contribution in [2.24, 2.45) is 0 Å². The number of anilines is 1. The van der Waals surface area contributed by atoms with Crippen LogP contribution in [0.3, 0.4) is 0 Å². The highest BCUT2D eigenvalue weighted by Gasteiger charge is 2.32. The topological polar surface area (TPSA) is 73.1 Å². The van der Waals surface area contributed by atoms with Crippen molar-refractivity contribution in [1.82, 2.24) is 0 Å². The van der Waals surface area contributed by atoms with Crippen molar-refractivity contribution < 1.29 is 9.90 Å². The first-order chi connectivity index (χ1) is 10.2. The second kappa shape index (κ2) is 5.60. The molecule has 3 rings (SSSR count). The number of hydrogen-bond acceptors (Lipinski definition) is 4. The molecule has 0 aliphatic carbocycles. The van der Waals surface area contributed by atoms with Gasteiger partial charge in [0.05, 0.1) is 22.6 Å². The summed E-state index contributed by atoms with van der Waals surface area (Å²) in [6.07, 6.45) is -1.14. The maximum absolute atomic E-state index is 12.1. The Labute approximate surface area is 126 Å². The molecule has 21 heavy (non-hydrogen) atoms. The molecule has 0 fully saturated rings. The van der Waals surface area contributed by atoms with Gasteiger partial charge in [0.25, 0.3) is 5.91 Å². The lowest BCUT2D eigenvalue weighted by atomic mass is 10.0. The van der Waals surface area contributed by atoms with Crippen LogP contribution in [-0.2, 0) is 4.79 Å². The van der Waals surface area contributed by atoms with Crippen LogP contribution < -0.4 is 5.32 Å². The van der Waals surface area contributed by atoms with Crippen molar-refractivity contribution in [1.29, 1.82) is 5.26 Å². The van der Waals surface area contributed by atoms with Gasteiger partial charge in [-0.05, 0) is 29.8 Å². The summed E-state index contributed by atoms with van der Waals surface area (Å²) in [5.74, 6) is -0.415. The lowest BCUT2D eigenvalue weighted by Gasteiger charge is -2.18. The number of nitriles is 1. The Morgan fingerprint density at radius 2 is 1.86 bits per heavy atom. The van der Waals surface area contributed by atoms with Crippen LogP contribution in [0.15, 0.2) is 53.4 Å². The number of hydrogen-bond donors (Lipinski definition) is 2. The third-order valence-electron chi connectivity index (χ3n) is 3.32. The molecule has 2 N–H and O–H groups in total. The predicted molar refractivity (Wildman–Crippen MR) is 80.8 cm³/mol. The van der Waals surface area contributed by atoms with Crippen LogP contribution >= 0.6 is 11.8 Å². The monoisotopic (exact) mass is 296 g/mol. The first kappa shape index (κ1) is 13.7. The summed E-state index contributed by atoms with van der Waals surface area (Å²) in [7, 11) is 0. The summed E-state index contributed by atoms with van der Waals surface area (Å²) in [4.78, 5) is 13.0. The number of nitrogens with zero attached hydrogens (tertiary/aromatic N) is 1. The van der Waals surface area contributed by atoms with E-state index in [-0.39, 0.29) is 0 Å². The molecule has 0 bridgehead atoms. The normalized spacial score (nSPS) is 20.9. The number of benzene rings is 2. The quantitative estimate of drug-likeness (QED) is 0.848. The van der Waals surface area contributed by atoms with E-state index in [0.717, 1.165) is 10.5 Å². The van der Waals surface area contributed by atoms with Crippen molar-refractivity contribution in [3.05, 3.63) is 59.7 Å². The van der Waals surface area contributed by atoms with Gasteiger partial charge in [-0.25, -0.2) is 0 Å². The van der Waals surface area contributed by atoms with Gasteiger partial charge in [0.1, 0.15) is 6.10 Å². The average molecular weight is 296 g/mol. The van der Waals surface area contributed by atoms with E-state index in [1.807, 2.05) is 24.3 Å². The largest absolute Gasteiger partial charge is 0.382 e. The minimum Gasteiger partial charge on any atom is -0.382 e. The summed E-state index contributed by atoms with van der Waals surface area (Å²) in [5.41, 5.74) is 2.08. The predicted octanol–water partition coefficient (Wildman–Crippen LogP) is 2.70. The fourth-order valence-electron chi connectivity index (χ4n) is 2.22. The Bertz CT molecular complexity index is 722. The van der Waals surface area contributed by atoms with Gasteiger partial charge in [0.2, 0.25) is 0 Å². The van der Waals surface area contributed by atoms with E-state index in [0.29, 0.717) is 11.3 Å². The molecule has 104 valence electrons. The number of carbonyl (C=O) groups is 1. The average Bonchev–Trinajstić information content (AvgIpc) is 2.65. The third-order valence-corrected chi connectivity index (χ3v) is 4.72.